The van der Waals surface area contributed by atoms with E-state index in [0.29, 0.717) is 12.2 Å². The summed E-state index contributed by atoms with van der Waals surface area (Å²) in [7, 11) is 1.90. The number of aromatic nitrogens is 2. The van der Waals surface area contributed by atoms with E-state index in [1.807, 2.05) is 13.2 Å². The van der Waals surface area contributed by atoms with Gasteiger partial charge in [0, 0.05) is 36.5 Å². The first-order chi connectivity index (χ1) is 9.27. The number of anilines is 1. The molecule has 20 heavy (non-hydrogen) atoms. The summed E-state index contributed by atoms with van der Waals surface area (Å²) in [4.78, 5) is 0. The van der Waals surface area contributed by atoms with Crippen LogP contribution in [0.4, 0.5) is 10.1 Å². The Bertz CT molecular complexity index is 614. The van der Waals surface area contributed by atoms with Gasteiger partial charge >= 0.3 is 0 Å². The number of aryl methyl sites for hydroxylation is 1. The number of benzene rings is 1. The summed E-state index contributed by atoms with van der Waals surface area (Å²) in [5, 5.41) is 7.84. The highest BCUT2D eigenvalue weighted by Gasteiger charge is 2.21. The van der Waals surface area contributed by atoms with Gasteiger partial charge in [0.25, 0.3) is 0 Å². The number of nitrogens with zero attached hydrogens (tertiary/aromatic N) is 2. The van der Waals surface area contributed by atoms with Gasteiger partial charge in [-0.25, -0.2) is 4.39 Å². The Kier molecular flexibility index (Phi) is 4.04. The molecule has 1 aromatic heterocycles. The van der Waals surface area contributed by atoms with E-state index in [4.69, 9.17) is 11.6 Å². The molecule has 108 valence electrons. The lowest BCUT2D eigenvalue weighted by molar-refractivity contribution is 0.549. The van der Waals surface area contributed by atoms with Gasteiger partial charge in [-0.05, 0) is 18.2 Å². The van der Waals surface area contributed by atoms with Crippen molar-refractivity contribution < 1.29 is 4.39 Å². The molecule has 5 heteroatoms. The molecule has 1 aromatic carbocycles. The molecule has 1 heterocycles. The minimum atomic E-state index is -0.418. The molecule has 0 aliphatic heterocycles. The number of nitrogens with one attached hydrogen (secondary N) is 1. The molecule has 0 amide bonds. The molecule has 0 spiro atoms. The number of hydrogen-bond donors (Lipinski definition) is 1. The fourth-order valence-electron chi connectivity index (χ4n) is 2.10. The van der Waals surface area contributed by atoms with Crippen molar-refractivity contribution in [2.24, 2.45) is 7.05 Å². The second-order valence-electron chi connectivity index (χ2n) is 5.91. The van der Waals surface area contributed by atoms with Gasteiger partial charge in [-0.15, -0.1) is 0 Å². The summed E-state index contributed by atoms with van der Waals surface area (Å²) in [5.41, 5.74) is 2.83. The molecular weight excluding hydrogens is 277 g/mol. The predicted molar refractivity (Wildman–Crippen MR) is 80.6 cm³/mol. The van der Waals surface area contributed by atoms with Crippen LogP contribution in [0.5, 0.6) is 0 Å². The van der Waals surface area contributed by atoms with E-state index in [1.54, 1.807) is 16.8 Å². The van der Waals surface area contributed by atoms with E-state index in [-0.39, 0.29) is 10.4 Å². The second kappa shape index (κ2) is 5.44. The van der Waals surface area contributed by atoms with E-state index < -0.39 is 5.82 Å². The summed E-state index contributed by atoms with van der Waals surface area (Å²) in [6, 6.07) is 4.71. The van der Waals surface area contributed by atoms with Crippen LogP contribution in [0.1, 0.15) is 32.0 Å². The normalized spacial score (nSPS) is 11.7. The second-order valence-corrected chi connectivity index (χ2v) is 6.32. The maximum absolute atomic E-state index is 13.4. The lowest BCUT2D eigenvalue weighted by atomic mass is 9.89. The maximum Gasteiger partial charge on any atom is 0.143 e. The van der Waals surface area contributed by atoms with Crippen LogP contribution in [-0.4, -0.2) is 9.78 Å². The Labute approximate surface area is 123 Å². The van der Waals surface area contributed by atoms with Crippen molar-refractivity contribution in [2.45, 2.75) is 32.7 Å². The van der Waals surface area contributed by atoms with Gasteiger partial charge in [0.05, 0.1) is 10.7 Å². The SMILES string of the molecule is Cn1cc(CNc2ccc(Cl)c(F)c2)c(C(C)(C)C)n1. The van der Waals surface area contributed by atoms with E-state index in [9.17, 15) is 4.39 Å². The zero-order chi connectivity index (χ0) is 14.9. The minimum absolute atomic E-state index is 0.0243. The largest absolute Gasteiger partial charge is 0.381 e. The van der Waals surface area contributed by atoms with Gasteiger partial charge in [0.2, 0.25) is 0 Å². The average Bonchev–Trinajstić information content (AvgIpc) is 2.72. The molecule has 0 saturated heterocycles. The smallest absolute Gasteiger partial charge is 0.143 e. The van der Waals surface area contributed by atoms with Crippen molar-refractivity contribution >= 4 is 17.3 Å². The summed E-state index contributed by atoms with van der Waals surface area (Å²) in [5.74, 6) is -0.418. The van der Waals surface area contributed by atoms with Crippen molar-refractivity contribution in [1.82, 2.24) is 9.78 Å². The molecule has 0 aliphatic rings. The topological polar surface area (TPSA) is 29.9 Å². The van der Waals surface area contributed by atoms with Gasteiger partial charge in [0.1, 0.15) is 5.82 Å². The zero-order valence-electron chi connectivity index (χ0n) is 12.2. The van der Waals surface area contributed by atoms with Crippen molar-refractivity contribution in [2.75, 3.05) is 5.32 Å². The molecule has 0 atom stereocenters. The quantitative estimate of drug-likeness (QED) is 0.923. The van der Waals surface area contributed by atoms with E-state index in [1.165, 1.54) is 6.07 Å². The first kappa shape index (κ1) is 14.9. The Morgan fingerprint density at radius 2 is 2.05 bits per heavy atom. The zero-order valence-corrected chi connectivity index (χ0v) is 12.9. The molecule has 3 nitrogen and oxygen atoms in total. The Hall–Kier alpha value is -1.55. The molecule has 0 aliphatic carbocycles. The molecule has 1 N–H and O–H groups in total. The molecular formula is C15H19ClFN3. The first-order valence-electron chi connectivity index (χ1n) is 6.49. The van der Waals surface area contributed by atoms with Crippen LogP contribution in [0.3, 0.4) is 0 Å². The van der Waals surface area contributed by atoms with E-state index >= 15 is 0 Å². The van der Waals surface area contributed by atoms with Crippen LogP contribution in [0.25, 0.3) is 0 Å². The molecule has 2 aromatic rings. The van der Waals surface area contributed by atoms with Crippen LogP contribution < -0.4 is 5.32 Å². The van der Waals surface area contributed by atoms with Gasteiger partial charge in [-0.1, -0.05) is 32.4 Å². The lowest BCUT2D eigenvalue weighted by Gasteiger charge is -2.18. The Morgan fingerprint density at radius 3 is 2.65 bits per heavy atom. The Balaban J connectivity index is 2.17. The predicted octanol–water partition coefficient (Wildman–Crippen LogP) is 4.12. The van der Waals surface area contributed by atoms with Crippen molar-refractivity contribution in [1.29, 1.82) is 0 Å². The lowest BCUT2D eigenvalue weighted by Crippen LogP contribution is -2.16. The van der Waals surface area contributed by atoms with Crippen LogP contribution in [0.15, 0.2) is 24.4 Å². The summed E-state index contributed by atoms with van der Waals surface area (Å²) in [6.45, 7) is 6.98. The summed E-state index contributed by atoms with van der Waals surface area (Å²) in [6.07, 6.45) is 1.99. The highest BCUT2D eigenvalue weighted by Crippen LogP contribution is 2.25. The maximum atomic E-state index is 13.4. The van der Waals surface area contributed by atoms with Gasteiger partial charge in [-0.2, -0.15) is 5.10 Å². The van der Waals surface area contributed by atoms with Crippen molar-refractivity contribution in [3.05, 3.63) is 46.5 Å². The average molecular weight is 296 g/mol. The van der Waals surface area contributed by atoms with Gasteiger partial charge in [0.15, 0.2) is 0 Å². The number of rotatable bonds is 3. The first-order valence-corrected chi connectivity index (χ1v) is 6.87. The van der Waals surface area contributed by atoms with Crippen LogP contribution in [0.2, 0.25) is 5.02 Å². The molecule has 0 bridgehead atoms. The van der Waals surface area contributed by atoms with Gasteiger partial charge in [-0.3, -0.25) is 4.68 Å². The molecule has 0 fully saturated rings. The fourth-order valence-corrected chi connectivity index (χ4v) is 2.22. The minimum Gasteiger partial charge on any atom is -0.381 e. The summed E-state index contributed by atoms with van der Waals surface area (Å²) >= 11 is 5.67. The third-order valence-corrected chi connectivity index (χ3v) is 3.32. The van der Waals surface area contributed by atoms with Crippen LogP contribution in [-0.2, 0) is 19.0 Å². The van der Waals surface area contributed by atoms with Crippen molar-refractivity contribution in [3.8, 4) is 0 Å². The molecule has 2 rings (SSSR count). The van der Waals surface area contributed by atoms with E-state index in [0.717, 1.165) is 11.3 Å². The monoisotopic (exact) mass is 295 g/mol. The van der Waals surface area contributed by atoms with Crippen LogP contribution >= 0.6 is 11.6 Å². The highest BCUT2D eigenvalue weighted by molar-refractivity contribution is 6.30. The standard InChI is InChI=1S/C15H19ClFN3/c1-15(2,3)14-10(9-20(4)19-14)8-18-11-5-6-12(16)13(17)7-11/h5-7,9,18H,8H2,1-4H3. The van der Waals surface area contributed by atoms with E-state index in [2.05, 4.69) is 31.2 Å². The van der Waals surface area contributed by atoms with Crippen molar-refractivity contribution in [3.63, 3.8) is 0 Å². The highest BCUT2D eigenvalue weighted by atomic mass is 35.5. The molecule has 0 unspecified atom stereocenters. The molecule has 0 saturated carbocycles. The Morgan fingerprint density at radius 1 is 1.35 bits per heavy atom. The third kappa shape index (κ3) is 3.31. The fraction of sp³-hybridized carbons (Fsp3) is 0.400. The number of halogens is 2. The third-order valence-electron chi connectivity index (χ3n) is 3.02. The van der Waals surface area contributed by atoms with Crippen LogP contribution in [0, 0.1) is 5.82 Å². The summed E-state index contributed by atoms with van der Waals surface area (Å²) < 4.78 is 15.2. The number of hydrogen-bond acceptors (Lipinski definition) is 2. The molecule has 0 radical (unpaired) electrons. The van der Waals surface area contributed by atoms with Gasteiger partial charge < -0.3 is 5.32 Å².